The van der Waals surface area contributed by atoms with Crippen LogP contribution < -0.4 is 24.3 Å². The third-order valence-electron chi connectivity index (χ3n) is 3.99. The molecule has 0 fully saturated rings. The Balaban J connectivity index is 2.09. The number of rotatable bonds is 8. The summed E-state index contributed by atoms with van der Waals surface area (Å²) in [6.07, 6.45) is -4.53. The first-order valence-electron chi connectivity index (χ1n) is 8.61. The third-order valence-corrected chi connectivity index (χ3v) is 3.99. The van der Waals surface area contributed by atoms with Crippen molar-refractivity contribution in [3.05, 3.63) is 47.5 Å². The Bertz CT molecular complexity index is 829. The van der Waals surface area contributed by atoms with E-state index in [0.29, 0.717) is 17.2 Å². The lowest BCUT2D eigenvalue weighted by molar-refractivity contribution is -0.139. The Morgan fingerprint density at radius 1 is 1.00 bits per heavy atom. The molecule has 9 heteroatoms. The maximum Gasteiger partial charge on any atom is 0.419 e. The molecule has 2 rings (SSSR count). The van der Waals surface area contributed by atoms with Crippen LogP contribution in [0.25, 0.3) is 0 Å². The summed E-state index contributed by atoms with van der Waals surface area (Å²) >= 11 is 0. The van der Waals surface area contributed by atoms with Crippen LogP contribution in [0.5, 0.6) is 23.0 Å². The molecule has 0 aromatic heterocycles. The van der Waals surface area contributed by atoms with Gasteiger partial charge in [-0.3, -0.25) is 4.79 Å². The van der Waals surface area contributed by atoms with Crippen molar-refractivity contribution in [1.29, 1.82) is 0 Å². The average molecular weight is 413 g/mol. The molecule has 0 aliphatic rings. The maximum absolute atomic E-state index is 13.0. The fourth-order valence-corrected chi connectivity index (χ4v) is 2.60. The fourth-order valence-electron chi connectivity index (χ4n) is 2.60. The van der Waals surface area contributed by atoms with Crippen molar-refractivity contribution < 1.29 is 36.9 Å². The van der Waals surface area contributed by atoms with Gasteiger partial charge >= 0.3 is 6.18 Å². The van der Waals surface area contributed by atoms with E-state index in [1.807, 2.05) is 0 Å². The molecule has 6 nitrogen and oxygen atoms in total. The minimum Gasteiger partial charge on any atom is -0.493 e. The van der Waals surface area contributed by atoms with Crippen LogP contribution in [0.15, 0.2) is 36.4 Å². The van der Waals surface area contributed by atoms with Crippen LogP contribution >= 0.6 is 0 Å². The van der Waals surface area contributed by atoms with E-state index in [9.17, 15) is 18.0 Å². The SMILES string of the molecule is COc1cc(C(=O)NC(C)COc2ccccc2C(F)(F)F)cc(OC)c1OC. The van der Waals surface area contributed by atoms with E-state index in [-0.39, 0.29) is 17.9 Å². The van der Waals surface area contributed by atoms with Gasteiger partial charge in [0, 0.05) is 5.56 Å². The number of nitrogens with one attached hydrogen (secondary N) is 1. The van der Waals surface area contributed by atoms with Gasteiger partial charge in [-0.25, -0.2) is 0 Å². The van der Waals surface area contributed by atoms with Gasteiger partial charge in [-0.15, -0.1) is 0 Å². The van der Waals surface area contributed by atoms with Crippen molar-refractivity contribution in [2.24, 2.45) is 0 Å². The van der Waals surface area contributed by atoms with Crippen LogP contribution in [-0.4, -0.2) is 39.9 Å². The normalized spacial score (nSPS) is 12.1. The summed E-state index contributed by atoms with van der Waals surface area (Å²) in [6.45, 7) is 1.47. The third kappa shape index (κ3) is 5.46. The van der Waals surface area contributed by atoms with Crippen molar-refractivity contribution >= 4 is 5.91 Å². The zero-order valence-corrected chi connectivity index (χ0v) is 16.4. The highest BCUT2D eigenvalue weighted by Gasteiger charge is 2.34. The molecule has 2 aromatic carbocycles. The van der Waals surface area contributed by atoms with Gasteiger partial charge in [0.1, 0.15) is 12.4 Å². The van der Waals surface area contributed by atoms with Gasteiger partial charge in [0.2, 0.25) is 5.75 Å². The predicted molar refractivity (Wildman–Crippen MR) is 100.0 cm³/mol. The number of hydrogen-bond donors (Lipinski definition) is 1. The van der Waals surface area contributed by atoms with Gasteiger partial charge in [0.25, 0.3) is 5.91 Å². The number of benzene rings is 2. The summed E-state index contributed by atoms with van der Waals surface area (Å²) in [5.41, 5.74) is -0.634. The first-order chi connectivity index (χ1) is 13.7. The Kier molecular flexibility index (Phi) is 7.19. The summed E-state index contributed by atoms with van der Waals surface area (Å²) in [6, 6.07) is 7.29. The molecule has 0 saturated heterocycles. The number of hydrogen-bond acceptors (Lipinski definition) is 5. The second kappa shape index (κ2) is 9.40. The molecule has 1 atom stereocenters. The zero-order chi connectivity index (χ0) is 21.6. The molecule has 1 unspecified atom stereocenters. The fraction of sp³-hybridized carbons (Fsp3) is 0.350. The Labute approximate surface area is 166 Å². The molecule has 0 heterocycles. The van der Waals surface area contributed by atoms with Crippen LogP contribution in [0.3, 0.4) is 0 Å². The van der Waals surface area contributed by atoms with E-state index < -0.39 is 23.7 Å². The van der Waals surface area contributed by atoms with E-state index in [1.165, 1.54) is 51.7 Å². The molecule has 0 aliphatic carbocycles. The zero-order valence-electron chi connectivity index (χ0n) is 16.4. The van der Waals surface area contributed by atoms with E-state index in [2.05, 4.69) is 5.32 Å². The van der Waals surface area contributed by atoms with Crippen LogP contribution in [-0.2, 0) is 6.18 Å². The molecular formula is C20H22F3NO5. The van der Waals surface area contributed by atoms with E-state index in [0.717, 1.165) is 6.07 Å². The van der Waals surface area contributed by atoms with Gasteiger partial charge in [-0.05, 0) is 31.2 Å². The summed E-state index contributed by atoms with van der Waals surface area (Å²) < 4.78 is 60.0. The summed E-state index contributed by atoms with van der Waals surface area (Å²) in [4.78, 5) is 12.5. The lowest BCUT2D eigenvalue weighted by Gasteiger charge is -2.18. The lowest BCUT2D eigenvalue weighted by Crippen LogP contribution is -2.37. The van der Waals surface area contributed by atoms with Crippen LogP contribution in [0, 0.1) is 0 Å². The van der Waals surface area contributed by atoms with Crippen molar-refractivity contribution in [2.45, 2.75) is 19.1 Å². The molecule has 0 bridgehead atoms. The summed E-state index contributed by atoms with van der Waals surface area (Å²) in [5, 5.41) is 2.67. The number of methoxy groups -OCH3 is 3. The highest BCUT2D eigenvalue weighted by atomic mass is 19.4. The highest BCUT2D eigenvalue weighted by Crippen LogP contribution is 2.38. The summed E-state index contributed by atoms with van der Waals surface area (Å²) in [7, 11) is 4.29. The molecule has 158 valence electrons. The molecule has 1 N–H and O–H groups in total. The number of carbonyl (C=O) groups excluding carboxylic acids is 1. The summed E-state index contributed by atoms with van der Waals surface area (Å²) in [5.74, 6) is 0.185. The molecule has 29 heavy (non-hydrogen) atoms. The number of ether oxygens (including phenoxy) is 4. The number of para-hydroxylation sites is 1. The van der Waals surface area contributed by atoms with Gasteiger partial charge in [0.15, 0.2) is 11.5 Å². The van der Waals surface area contributed by atoms with Gasteiger partial charge in [-0.1, -0.05) is 12.1 Å². The van der Waals surface area contributed by atoms with Crippen molar-refractivity contribution in [1.82, 2.24) is 5.32 Å². The van der Waals surface area contributed by atoms with Gasteiger partial charge in [0.05, 0.1) is 32.9 Å². The minimum atomic E-state index is -4.53. The lowest BCUT2D eigenvalue weighted by atomic mass is 10.1. The minimum absolute atomic E-state index is 0.150. The topological polar surface area (TPSA) is 66.0 Å². The Hall–Kier alpha value is -3.10. The molecule has 0 spiro atoms. The maximum atomic E-state index is 13.0. The van der Waals surface area contributed by atoms with E-state index in [4.69, 9.17) is 18.9 Å². The largest absolute Gasteiger partial charge is 0.493 e. The Morgan fingerprint density at radius 2 is 1.59 bits per heavy atom. The van der Waals surface area contributed by atoms with Crippen molar-refractivity contribution in [2.75, 3.05) is 27.9 Å². The first kappa shape index (κ1) is 22.2. The molecule has 1 amide bonds. The number of halogens is 3. The molecule has 0 aliphatic heterocycles. The van der Waals surface area contributed by atoms with Crippen LogP contribution in [0.1, 0.15) is 22.8 Å². The standard InChI is InChI=1S/C20H22F3NO5/c1-12(11-29-15-8-6-5-7-14(15)20(21,22)23)24-19(25)13-9-16(26-2)18(28-4)17(10-13)27-3/h5-10,12H,11H2,1-4H3,(H,24,25). The Morgan fingerprint density at radius 3 is 2.10 bits per heavy atom. The number of carbonyl (C=O) groups is 1. The molecule has 2 aromatic rings. The molecule has 0 radical (unpaired) electrons. The molecule has 0 saturated carbocycles. The first-order valence-corrected chi connectivity index (χ1v) is 8.61. The monoisotopic (exact) mass is 413 g/mol. The van der Waals surface area contributed by atoms with E-state index >= 15 is 0 Å². The number of alkyl halides is 3. The van der Waals surface area contributed by atoms with Crippen molar-refractivity contribution in [3.8, 4) is 23.0 Å². The molecular weight excluding hydrogens is 391 g/mol. The van der Waals surface area contributed by atoms with E-state index in [1.54, 1.807) is 6.92 Å². The number of amides is 1. The highest BCUT2D eigenvalue weighted by molar-refractivity contribution is 5.95. The second-order valence-corrected chi connectivity index (χ2v) is 6.09. The van der Waals surface area contributed by atoms with Gasteiger partial charge in [-0.2, -0.15) is 13.2 Å². The van der Waals surface area contributed by atoms with Crippen molar-refractivity contribution in [3.63, 3.8) is 0 Å². The quantitative estimate of drug-likeness (QED) is 0.711. The van der Waals surface area contributed by atoms with Crippen LogP contribution in [0.2, 0.25) is 0 Å². The van der Waals surface area contributed by atoms with Gasteiger partial charge < -0.3 is 24.3 Å². The van der Waals surface area contributed by atoms with Crippen LogP contribution in [0.4, 0.5) is 13.2 Å². The smallest absolute Gasteiger partial charge is 0.419 e. The predicted octanol–water partition coefficient (Wildman–Crippen LogP) is 3.93. The second-order valence-electron chi connectivity index (χ2n) is 6.09. The average Bonchev–Trinajstić information content (AvgIpc) is 2.70.